The zero-order valence-electron chi connectivity index (χ0n) is 11.8. The molecule has 0 aliphatic heterocycles. The molecule has 2 aromatic rings. The van der Waals surface area contributed by atoms with Crippen LogP contribution in [0.15, 0.2) is 36.4 Å². The van der Waals surface area contributed by atoms with Crippen molar-refractivity contribution in [3.05, 3.63) is 62.9 Å². The average Bonchev–Trinajstić information content (AvgIpc) is 2.46. The van der Waals surface area contributed by atoms with Crippen LogP contribution >= 0.6 is 11.6 Å². The third kappa shape index (κ3) is 3.70. The number of nitro groups is 1. The van der Waals surface area contributed by atoms with Gasteiger partial charge < -0.3 is 5.32 Å². The van der Waals surface area contributed by atoms with Gasteiger partial charge in [0.1, 0.15) is 5.15 Å². The van der Waals surface area contributed by atoms with Gasteiger partial charge in [0.25, 0.3) is 5.69 Å². The highest BCUT2D eigenvalue weighted by Gasteiger charge is 2.14. The first-order valence-electron chi connectivity index (χ1n) is 6.65. The van der Waals surface area contributed by atoms with E-state index in [1.54, 1.807) is 18.2 Å². The molecule has 110 valence electrons. The summed E-state index contributed by atoms with van der Waals surface area (Å²) in [6.07, 6.45) is 0.795. The van der Waals surface area contributed by atoms with Crippen LogP contribution in [0.1, 0.15) is 30.6 Å². The van der Waals surface area contributed by atoms with Crippen molar-refractivity contribution in [3.63, 3.8) is 0 Å². The standard InChI is InChI=1S/C15H16ClN3O2/c1-3-13(11-5-4-6-12(9-11)19(20)21)18-14-7-8-15(16)17-10(14)2/h4-9,13,18H,3H2,1-2H3. The highest BCUT2D eigenvalue weighted by atomic mass is 35.5. The molecule has 1 N–H and O–H groups in total. The second kappa shape index (κ2) is 6.54. The third-order valence-electron chi connectivity index (χ3n) is 3.27. The van der Waals surface area contributed by atoms with E-state index in [9.17, 15) is 10.1 Å². The molecular formula is C15H16ClN3O2. The number of nitrogens with zero attached hydrogens (tertiary/aromatic N) is 2. The first-order valence-corrected chi connectivity index (χ1v) is 7.03. The van der Waals surface area contributed by atoms with Crippen LogP contribution in [0.4, 0.5) is 11.4 Å². The van der Waals surface area contributed by atoms with E-state index in [1.807, 2.05) is 26.0 Å². The van der Waals surface area contributed by atoms with E-state index in [0.29, 0.717) is 5.15 Å². The zero-order chi connectivity index (χ0) is 15.4. The van der Waals surface area contributed by atoms with Gasteiger partial charge in [0.05, 0.1) is 22.3 Å². The number of non-ortho nitro benzene ring substituents is 1. The Morgan fingerprint density at radius 1 is 1.38 bits per heavy atom. The maximum absolute atomic E-state index is 10.9. The molecule has 0 bridgehead atoms. The van der Waals surface area contributed by atoms with Crippen LogP contribution in [-0.4, -0.2) is 9.91 Å². The Labute approximate surface area is 128 Å². The topological polar surface area (TPSA) is 68.1 Å². The number of pyridine rings is 1. The Morgan fingerprint density at radius 2 is 2.14 bits per heavy atom. The average molecular weight is 306 g/mol. The van der Waals surface area contributed by atoms with Crippen LogP contribution in [0, 0.1) is 17.0 Å². The molecular weight excluding hydrogens is 290 g/mol. The Hall–Kier alpha value is -2.14. The van der Waals surface area contributed by atoms with Crippen molar-refractivity contribution in [2.24, 2.45) is 0 Å². The summed E-state index contributed by atoms with van der Waals surface area (Å²) in [5.41, 5.74) is 2.64. The molecule has 1 heterocycles. The second-order valence-corrected chi connectivity index (χ2v) is 5.11. The van der Waals surface area contributed by atoms with E-state index in [0.717, 1.165) is 23.4 Å². The molecule has 0 fully saturated rings. The summed E-state index contributed by atoms with van der Waals surface area (Å²) in [6.45, 7) is 3.89. The molecule has 1 unspecified atom stereocenters. The van der Waals surface area contributed by atoms with Gasteiger partial charge in [-0.3, -0.25) is 10.1 Å². The van der Waals surface area contributed by atoms with Crippen LogP contribution in [0.25, 0.3) is 0 Å². The monoisotopic (exact) mass is 305 g/mol. The molecule has 0 radical (unpaired) electrons. The first kappa shape index (κ1) is 15.3. The fourth-order valence-electron chi connectivity index (χ4n) is 2.15. The van der Waals surface area contributed by atoms with Gasteiger partial charge in [-0.05, 0) is 31.0 Å². The number of halogens is 1. The predicted molar refractivity (Wildman–Crippen MR) is 83.7 cm³/mol. The van der Waals surface area contributed by atoms with Gasteiger partial charge in [-0.15, -0.1) is 0 Å². The maximum Gasteiger partial charge on any atom is 0.269 e. The van der Waals surface area contributed by atoms with E-state index in [1.165, 1.54) is 6.07 Å². The molecule has 21 heavy (non-hydrogen) atoms. The molecule has 0 spiro atoms. The molecule has 0 saturated heterocycles. The van der Waals surface area contributed by atoms with Crippen molar-refractivity contribution in [1.82, 2.24) is 4.98 Å². The molecule has 2 rings (SSSR count). The lowest BCUT2D eigenvalue weighted by Gasteiger charge is -2.19. The van der Waals surface area contributed by atoms with Crippen LogP contribution in [0.5, 0.6) is 0 Å². The highest BCUT2D eigenvalue weighted by molar-refractivity contribution is 6.29. The molecule has 5 nitrogen and oxygen atoms in total. The van der Waals surface area contributed by atoms with Crippen molar-refractivity contribution in [2.75, 3.05) is 5.32 Å². The number of rotatable bonds is 5. The number of anilines is 1. The van der Waals surface area contributed by atoms with Crippen LogP contribution in [-0.2, 0) is 0 Å². The quantitative estimate of drug-likeness (QED) is 0.501. The summed E-state index contributed by atoms with van der Waals surface area (Å²) in [5.74, 6) is 0. The largest absolute Gasteiger partial charge is 0.377 e. The lowest BCUT2D eigenvalue weighted by atomic mass is 10.0. The minimum absolute atomic E-state index is 0.0217. The van der Waals surface area contributed by atoms with E-state index in [2.05, 4.69) is 10.3 Å². The van der Waals surface area contributed by atoms with Crippen molar-refractivity contribution >= 4 is 23.0 Å². The van der Waals surface area contributed by atoms with E-state index in [-0.39, 0.29) is 16.7 Å². The summed E-state index contributed by atoms with van der Waals surface area (Å²) in [6, 6.07) is 10.2. The molecule has 1 atom stereocenters. The molecule has 0 saturated carbocycles. The maximum atomic E-state index is 10.9. The van der Waals surface area contributed by atoms with Crippen LogP contribution in [0.2, 0.25) is 5.15 Å². The fourth-order valence-corrected chi connectivity index (χ4v) is 2.34. The van der Waals surface area contributed by atoms with Gasteiger partial charge in [-0.1, -0.05) is 30.7 Å². The lowest BCUT2D eigenvalue weighted by molar-refractivity contribution is -0.384. The Balaban J connectivity index is 2.27. The number of hydrogen-bond donors (Lipinski definition) is 1. The lowest BCUT2D eigenvalue weighted by Crippen LogP contribution is -2.11. The summed E-state index contributed by atoms with van der Waals surface area (Å²) in [7, 11) is 0. The summed E-state index contributed by atoms with van der Waals surface area (Å²) >= 11 is 5.85. The van der Waals surface area contributed by atoms with Crippen molar-refractivity contribution in [2.45, 2.75) is 26.3 Å². The SMILES string of the molecule is CCC(Nc1ccc(Cl)nc1C)c1cccc([N+](=O)[O-])c1. The van der Waals surface area contributed by atoms with Gasteiger partial charge in [0.2, 0.25) is 0 Å². The van der Waals surface area contributed by atoms with Gasteiger partial charge in [0.15, 0.2) is 0 Å². The molecule has 0 amide bonds. The van der Waals surface area contributed by atoms with Gasteiger partial charge >= 0.3 is 0 Å². The van der Waals surface area contributed by atoms with Crippen LogP contribution < -0.4 is 5.32 Å². The second-order valence-electron chi connectivity index (χ2n) is 4.72. The van der Waals surface area contributed by atoms with Crippen molar-refractivity contribution in [3.8, 4) is 0 Å². The Bertz CT molecular complexity index is 661. The molecule has 1 aromatic carbocycles. The van der Waals surface area contributed by atoms with Crippen molar-refractivity contribution < 1.29 is 4.92 Å². The zero-order valence-corrected chi connectivity index (χ0v) is 12.6. The smallest absolute Gasteiger partial charge is 0.269 e. The number of hydrogen-bond acceptors (Lipinski definition) is 4. The summed E-state index contributed by atoms with van der Waals surface area (Å²) in [4.78, 5) is 14.7. The number of benzene rings is 1. The summed E-state index contributed by atoms with van der Waals surface area (Å²) in [5, 5.41) is 14.7. The number of aryl methyl sites for hydroxylation is 1. The minimum Gasteiger partial charge on any atom is -0.377 e. The number of aromatic nitrogens is 1. The highest BCUT2D eigenvalue weighted by Crippen LogP contribution is 2.27. The molecule has 6 heteroatoms. The predicted octanol–water partition coefficient (Wildman–Crippen LogP) is 4.51. The van der Waals surface area contributed by atoms with E-state index in [4.69, 9.17) is 11.6 Å². The normalized spacial score (nSPS) is 12.0. The number of nitrogens with one attached hydrogen (secondary N) is 1. The Morgan fingerprint density at radius 3 is 2.76 bits per heavy atom. The Kier molecular flexibility index (Phi) is 4.75. The first-order chi connectivity index (χ1) is 10.0. The minimum atomic E-state index is -0.384. The van der Waals surface area contributed by atoms with Crippen LogP contribution in [0.3, 0.4) is 0 Å². The van der Waals surface area contributed by atoms with Crippen molar-refractivity contribution in [1.29, 1.82) is 0 Å². The van der Waals surface area contributed by atoms with Gasteiger partial charge in [-0.2, -0.15) is 0 Å². The molecule has 0 aliphatic carbocycles. The van der Waals surface area contributed by atoms with Gasteiger partial charge in [0, 0.05) is 12.1 Å². The molecule has 1 aromatic heterocycles. The van der Waals surface area contributed by atoms with Gasteiger partial charge in [-0.25, -0.2) is 4.98 Å². The third-order valence-corrected chi connectivity index (χ3v) is 3.48. The summed E-state index contributed by atoms with van der Waals surface area (Å²) < 4.78 is 0. The van der Waals surface area contributed by atoms with E-state index >= 15 is 0 Å². The fraction of sp³-hybridized carbons (Fsp3) is 0.267. The molecule has 0 aliphatic rings. The number of nitro benzene ring substituents is 1. The van der Waals surface area contributed by atoms with E-state index < -0.39 is 0 Å².